The third kappa shape index (κ3) is 1.10. The minimum absolute atomic E-state index is 0.0206. The summed E-state index contributed by atoms with van der Waals surface area (Å²) in [6.45, 7) is 5.00. The van der Waals surface area contributed by atoms with E-state index >= 15 is 0 Å². The molecule has 2 aliphatic heterocycles. The molecule has 0 spiro atoms. The quantitative estimate of drug-likeness (QED) is 0.624. The van der Waals surface area contributed by atoms with E-state index in [-0.39, 0.29) is 17.0 Å². The van der Waals surface area contributed by atoms with Crippen LogP contribution in [0, 0.1) is 5.41 Å². The molecule has 3 rings (SSSR count). The van der Waals surface area contributed by atoms with Crippen molar-refractivity contribution in [3.05, 3.63) is 0 Å². The van der Waals surface area contributed by atoms with E-state index in [2.05, 4.69) is 6.92 Å². The van der Waals surface area contributed by atoms with Crippen LogP contribution in [0.4, 0.5) is 0 Å². The average Bonchev–Trinajstić information content (AvgIpc) is 2.59. The number of esters is 1. The van der Waals surface area contributed by atoms with Crippen molar-refractivity contribution in [1.29, 1.82) is 0 Å². The van der Waals surface area contributed by atoms with Crippen molar-refractivity contribution in [2.75, 3.05) is 13.2 Å². The van der Waals surface area contributed by atoms with Crippen LogP contribution >= 0.6 is 0 Å². The van der Waals surface area contributed by atoms with Crippen LogP contribution in [0.15, 0.2) is 0 Å². The van der Waals surface area contributed by atoms with Crippen LogP contribution in [0.2, 0.25) is 0 Å². The topological polar surface area (TPSA) is 35.5 Å². The first-order valence-electron chi connectivity index (χ1n) is 4.98. The highest BCUT2D eigenvalue weighted by atomic mass is 16.6. The largest absolute Gasteiger partial charge is 0.465 e. The fraction of sp³-hybridized carbons (Fsp3) is 0.900. The molecule has 1 saturated carbocycles. The lowest BCUT2D eigenvalue weighted by molar-refractivity contribution is -0.160. The highest BCUT2D eigenvalue weighted by Crippen LogP contribution is 2.59. The van der Waals surface area contributed by atoms with Crippen molar-refractivity contribution >= 4 is 5.97 Å². The Labute approximate surface area is 78.4 Å². The number of hydrogen-bond donors (Lipinski definition) is 0. The molecule has 0 aromatic carbocycles. The summed E-state index contributed by atoms with van der Waals surface area (Å²) in [7, 11) is 0. The second-order valence-corrected chi connectivity index (χ2v) is 4.18. The number of rotatable bonds is 3. The van der Waals surface area contributed by atoms with Crippen molar-refractivity contribution in [3.8, 4) is 0 Å². The first-order valence-corrected chi connectivity index (χ1v) is 4.98. The predicted molar refractivity (Wildman–Crippen MR) is 47.3 cm³/mol. The smallest absolute Gasteiger partial charge is 0.314 e. The van der Waals surface area contributed by atoms with Crippen molar-refractivity contribution in [2.24, 2.45) is 5.41 Å². The number of hydrogen-bond acceptors (Lipinski definition) is 3. The first-order chi connectivity index (χ1) is 6.16. The molecule has 2 saturated heterocycles. The van der Waals surface area contributed by atoms with Gasteiger partial charge >= 0.3 is 5.97 Å². The molecule has 0 atom stereocenters. The molecule has 0 radical (unpaired) electrons. The highest BCUT2D eigenvalue weighted by Gasteiger charge is 2.66. The van der Waals surface area contributed by atoms with Gasteiger partial charge in [0.2, 0.25) is 0 Å². The van der Waals surface area contributed by atoms with Gasteiger partial charge in [-0.25, -0.2) is 0 Å². The summed E-state index contributed by atoms with van der Waals surface area (Å²) in [6.07, 6.45) is 2.75. The van der Waals surface area contributed by atoms with Gasteiger partial charge in [0, 0.05) is 0 Å². The zero-order chi connectivity index (χ0) is 9.53. The Morgan fingerprint density at radius 2 is 2.15 bits per heavy atom. The van der Waals surface area contributed by atoms with Crippen LogP contribution in [0.5, 0.6) is 0 Å². The van der Waals surface area contributed by atoms with Crippen LogP contribution in [0.1, 0.15) is 33.1 Å². The zero-order valence-electron chi connectivity index (χ0n) is 8.26. The van der Waals surface area contributed by atoms with Gasteiger partial charge in [0.25, 0.3) is 0 Å². The lowest BCUT2D eigenvalue weighted by atomic mass is 9.61. The summed E-state index contributed by atoms with van der Waals surface area (Å²) < 4.78 is 10.7. The lowest BCUT2D eigenvalue weighted by Gasteiger charge is -2.41. The number of carbonyl (C=O) groups is 1. The molecule has 74 valence electrons. The molecular weight excluding hydrogens is 168 g/mol. The molecule has 0 aromatic rings. The fourth-order valence-corrected chi connectivity index (χ4v) is 2.52. The summed E-state index contributed by atoms with van der Waals surface area (Å²) in [5.74, 6) is -0.0587. The van der Waals surface area contributed by atoms with Gasteiger partial charge in [-0.2, -0.15) is 0 Å². The number of fused-ring (bicyclic) bond motifs is 1. The molecule has 13 heavy (non-hydrogen) atoms. The maximum absolute atomic E-state index is 11.6. The summed E-state index contributed by atoms with van der Waals surface area (Å²) in [5, 5.41) is 0. The summed E-state index contributed by atoms with van der Waals surface area (Å²) in [5.41, 5.74) is -0.251. The summed E-state index contributed by atoms with van der Waals surface area (Å²) >= 11 is 0. The average molecular weight is 184 g/mol. The van der Waals surface area contributed by atoms with Crippen LogP contribution in [0.25, 0.3) is 0 Å². The molecule has 0 N–H and O–H groups in total. The Bertz CT molecular complexity index is 228. The highest BCUT2D eigenvalue weighted by molar-refractivity contribution is 5.79. The van der Waals surface area contributed by atoms with Gasteiger partial charge < -0.3 is 9.47 Å². The molecule has 3 aliphatic rings. The van der Waals surface area contributed by atoms with E-state index in [0.29, 0.717) is 13.2 Å². The van der Waals surface area contributed by atoms with E-state index in [1.54, 1.807) is 0 Å². The molecule has 0 aromatic heterocycles. The summed E-state index contributed by atoms with van der Waals surface area (Å²) in [4.78, 5) is 11.6. The van der Waals surface area contributed by atoms with Gasteiger partial charge in [0.1, 0.15) is 0 Å². The number of carbonyl (C=O) groups excluding carboxylic acids is 1. The minimum atomic E-state index is -0.272. The van der Waals surface area contributed by atoms with E-state index in [1.165, 1.54) is 0 Å². The third-order valence-electron chi connectivity index (χ3n) is 3.33. The molecule has 1 aliphatic carbocycles. The van der Waals surface area contributed by atoms with Gasteiger partial charge in [-0.1, -0.05) is 6.92 Å². The van der Waals surface area contributed by atoms with E-state index in [9.17, 15) is 4.79 Å². The normalized spacial score (nSPS) is 41.4. The van der Waals surface area contributed by atoms with Crippen molar-refractivity contribution in [1.82, 2.24) is 0 Å². The van der Waals surface area contributed by atoms with Gasteiger partial charge in [-0.3, -0.25) is 4.79 Å². The van der Waals surface area contributed by atoms with E-state index in [0.717, 1.165) is 19.3 Å². The molecule has 2 bridgehead atoms. The Kier molecular flexibility index (Phi) is 1.88. The molecule has 3 fully saturated rings. The third-order valence-corrected chi connectivity index (χ3v) is 3.33. The Morgan fingerprint density at radius 1 is 1.46 bits per heavy atom. The van der Waals surface area contributed by atoms with E-state index in [1.807, 2.05) is 6.92 Å². The monoisotopic (exact) mass is 184 g/mol. The van der Waals surface area contributed by atoms with Crippen molar-refractivity contribution in [3.63, 3.8) is 0 Å². The van der Waals surface area contributed by atoms with Crippen LogP contribution < -0.4 is 0 Å². The maximum atomic E-state index is 11.6. The zero-order valence-corrected chi connectivity index (χ0v) is 8.26. The fourth-order valence-electron chi connectivity index (χ4n) is 2.52. The van der Waals surface area contributed by atoms with Crippen LogP contribution in [-0.4, -0.2) is 24.8 Å². The second kappa shape index (κ2) is 2.71. The van der Waals surface area contributed by atoms with Crippen LogP contribution in [-0.2, 0) is 14.3 Å². The molecule has 3 heteroatoms. The van der Waals surface area contributed by atoms with Gasteiger partial charge in [0.15, 0.2) is 0 Å². The second-order valence-electron chi connectivity index (χ2n) is 4.18. The predicted octanol–water partition coefficient (Wildman–Crippen LogP) is 1.51. The van der Waals surface area contributed by atoms with Gasteiger partial charge in [0.05, 0.1) is 24.2 Å². The maximum Gasteiger partial charge on any atom is 0.314 e. The molecule has 3 nitrogen and oxygen atoms in total. The van der Waals surface area contributed by atoms with E-state index < -0.39 is 0 Å². The minimum Gasteiger partial charge on any atom is -0.465 e. The molecule has 0 unspecified atom stereocenters. The Hall–Kier alpha value is -0.570. The first kappa shape index (κ1) is 9.00. The van der Waals surface area contributed by atoms with Gasteiger partial charge in [-0.05, 0) is 26.2 Å². The van der Waals surface area contributed by atoms with Crippen molar-refractivity contribution < 1.29 is 14.3 Å². The van der Waals surface area contributed by atoms with Crippen LogP contribution in [0.3, 0.4) is 0 Å². The standard InChI is InChI=1S/C10H16O3/c1-3-10-5-9(6-10,7-13-10)8(11)12-4-2/h3-7H2,1-2H3. The molecule has 0 amide bonds. The molecule has 2 heterocycles. The summed E-state index contributed by atoms with van der Waals surface area (Å²) in [6, 6.07) is 0. The lowest BCUT2D eigenvalue weighted by Crippen LogP contribution is -2.48. The molecular formula is C10H16O3. The SMILES string of the molecule is CCOC(=O)C12COC(CC)(C1)C2. The van der Waals surface area contributed by atoms with Gasteiger partial charge in [-0.15, -0.1) is 0 Å². The Balaban J connectivity index is 2.01. The Morgan fingerprint density at radius 3 is 2.62 bits per heavy atom. The van der Waals surface area contributed by atoms with Crippen molar-refractivity contribution in [2.45, 2.75) is 38.7 Å². The van der Waals surface area contributed by atoms with E-state index in [4.69, 9.17) is 9.47 Å². The number of ether oxygens (including phenoxy) is 2.